The molecule has 0 atom stereocenters. The Labute approximate surface area is 64.3 Å². The molecule has 1 heterocycles. The Morgan fingerprint density at radius 2 is 2.70 bits per heavy atom. The van der Waals surface area contributed by atoms with Crippen molar-refractivity contribution in [1.82, 2.24) is 5.32 Å². The van der Waals surface area contributed by atoms with Gasteiger partial charge in [0.05, 0.1) is 11.5 Å². The van der Waals surface area contributed by atoms with E-state index in [2.05, 4.69) is 10.3 Å². The van der Waals surface area contributed by atoms with E-state index >= 15 is 0 Å². The summed E-state index contributed by atoms with van der Waals surface area (Å²) in [5.74, 6) is 1.08. The lowest BCUT2D eigenvalue weighted by Gasteiger charge is -1.96. The van der Waals surface area contributed by atoms with Gasteiger partial charge in [0.15, 0.2) is 0 Å². The third-order valence-electron chi connectivity index (χ3n) is 1.24. The number of carbonyl (C=O) groups is 1. The smallest absolute Gasteiger partial charge is 0.226 e. The third kappa shape index (κ3) is 2.02. The Hall–Kier alpha value is -0.510. The summed E-state index contributed by atoms with van der Waals surface area (Å²) in [6.45, 7) is 0.872. The van der Waals surface area contributed by atoms with E-state index in [9.17, 15) is 4.79 Å². The second-order valence-corrected chi connectivity index (χ2v) is 3.14. The maximum atomic E-state index is 10.8. The Kier molecular flexibility index (Phi) is 2.74. The molecular weight excluding hydrogens is 148 g/mol. The first-order valence-corrected chi connectivity index (χ1v) is 4.18. The first-order valence-electron chi connectivity index (χ1n) is 3.19. The molecule has 1 amide bonds. The predicted octanol–water partition coefficient (Wildman–Crippen LogP) is 0.268. The average Bonchev–Trinajstić information content (AvgIpc) is 2.40. The van der Waals surface area contributed by atoms with Crippen LogP contribution in [0, 0.1) is 0 Å². The van der Waals surface area contributed by atoms with Gasteiger partial charge in [0, 0.05) is 19.3 Å². The molecule has 0 saturated heterocycles. The van der Waals surface area contributed by atoms with Crippen LogP contribution in [0.4, 0.5) is 0 Å². The van der Waals surface area contributed by atoms with Crippen molar-refractivity contribution in [3.05, 3.63) is 0 Å². The van der Waals surface area contributed by atoms with E-state index in [0.717, 1.165) is 17.3 Å². The Bertz CT molecular complexity index is 167. The fourth-order valence-corrected chi connectivity index (χ4v) is 1.55. The van der Waals surface area contributed by atoms with Crippen molar-refractivity contribution in [2.45, 2.75) is 6.42 Å². The van der Waals surface area contributed by atoms with Crippen LogP contribution in [-0.4, -0.2) is 30.3 Å². The predicted molar refractivity (Wildman–Crippen MR) is 43.4 cm³/mol. The summed E-state index contributed by atoms with van der Waals surface area (Å²) in [4.78, 5) is 14.9. The van der Waals surface area contributed by atoms with Crippen LogP contribution >= 0.6 is 11.8 Å². The zero-order valence-corrected chi connectivity index (χ0v) is 6.70. The maximum Gasteiger partial charge on any atom is 0.226 e. The van der Waals surface area contributed by atoms with Crippen molar-refractivity contribution in [1.29, 1.82) is 0 Å². The molecule has 0 unspecified atom stereocenters. The number of nitrogens with zero attached hydrogens (tertiary/aromatic N) is 1. The quantitative estimate of drug-likeness (QED) is 0.626. The van der Waals surface area contributed by atoms with E-state index in [-0.39, 0.29) is 5.91 Å². The summed E-state index contributed by atoms with van der Waals surface area (Å²) in [6, 6.07) is 0. The first-order chi connectivity index (χ1) is 4.83. The largest absolute Gasteiger partial charge is 0.359 e. The highest BCUT2D eigenvalue weighted by atomic mass is 32.2. The van der Waals surface area contributed by atoms with Crippen molar-refractivity contribution >= 4 is 22.7 Å². The minimum atomic E-state index is 0.0492. The molecule has 0 aromatic heterocycles. The second-order valence-electron chi connectivity index (χ2n) is 1.97. The Morgan fingerprint density at radius 1 is 1.90 bits per heavy atom. The lowest BCUT2D eigenvalue weighted by Crippen LogP contribution is -2.19. The van der Waals surface area contributed by atoms with Gasteiger partial charge >= 0.3 is 0 Å². The molecule has 56 valence electrons. The molecule has 0 aliphatic carbocycles. The third-order valence-corrected chi connectivity index (χ3v) is 2.23. The highest BCUT2D eigenvalue weighted by Crippen LogP contribution is 2.13. The first kappa shape index (κ1) is 7.60. The summed E-state index contributed by atoms with van der Waals surface area (Å²) in [5, 5.41) is 3.53. The molecule has 1 rings (SSSR count). The summed E-state index contributed by atoms with van der Waals surface area (Å²) in [6.07, 6.45) is 0.459. The molecule has 10 heavy (non-hydrogen) atoms. The minimum Gasteiger partial charge on any atom is -0.359 e. The second kappa shape index (κ2) is 3.61. The van der Waals surface area contributed by atoms with Crippen molar-refractivity contribution in [3.8, 4) is 0 Å². The Balaban J connectivity index is 2.30. The summed E-state index contributed by atoms with van der Waals surface area (Å²) >= 11 is 1.68. The number of rotatable bonds is 2. The zero-order chi connectivity index (χ0) is 7.40. The highest BCUT2D eigenvalue weighted by Gasteiger charge is 2.09. The van der Waals surface area contributed by atoms with Gasteiger partial charge in [-0.05, 0) is 0 Å². The number of amides is 1. The van der Waals surface area contributed by atoms with E-state index in [1.54, 1.807) is 18.8 Å². The molecule has 1 aliphatic rings. The van der Waals surface area contributed by atoms with Crippen LogP contribution in [-0.2, 0) is 4.79 Å². The lowest BCUT2D eigenvalue weighted by molar-refractivity contribution is -0.119. The van der Waals surface area contributed by atoms with Gasteiger partial charge in [0.2, 0.25) is 5.91 Å². The highest BCUT2D eigenvalue weighted by molar-refractivity contribution is 8.14. The van der Waals surface area contributed by atoms with Crippen LogP contribution in [0.15, 0.2) is 4.99 Å². The number of carbonyl (C=O) groups excluding carboxylic acids is 1. The monoisotopic (exact) mass is 158 g/mol. The van der Waals surface area contributed by atoms with Crippen LogP contribution in [0.3, 0.4) is 0 Å². The normalized spacial score (nSPS) is 16.7. The summed E-state index contributed by atoms with van der Waals surface area (Å²) in [7, 11) is 1.64. The van der Waals surface area contributed by atoms with E-state index in [0.29, 0.717) is 6.42 Å². The fraction of sp³-hybridized carbons (Fsp3) is 0.667. The molecule has 0 saturated carbocycles. The van der Waals surface area contributed by atoms with E-state index in [4.69, 9.17) is 0 Å². The van der Waals surface area contributed by atoms with Gasteiger partial charge in [0.25, 0.3) is 0 Å². The van der Waals surface area contributed by atoms with Crippen molar-refractivity contribution < 1.29 is 4.79 Å². The van der Waals surface area contributed by atoms with Gasteiger partial charge in [-0.25, -0.2) is 0 Å². The van der Waals surface area contributed by atoms with E-state index in [1.165, 1.54) is 0 Å². The van der Waals surface area contributed by atoms with Crippen molar-refractivity contribution in [3.63, 3.8) is 0 Å². The molecule has 0 aromatic carbocycles. The van der Waals surface area contributed by atoms with Crippen LogP contribution in [0.5, 0.6) is 0 Å². The molecule has 0 aromatic rings. The van der Waals surface area contributed by atoms with Gasteiger partial charge < -0.3 is 5.32 Å². The number of nitrogens with one attached hydrogen (secondary N) is 1. The van der Waals surface area contributed by atoms with Crippen LogP contribution < -0.4 is 5.32 Å². The molecule has 0 radical (unpaired) electrons. The van der Waals surface area contributed by atoms with Gasteiger partial charge in [-0.15, -0.1) is 11.8 Å². The molecule has 0 fully saturated rings. The molecule has 3 nitrogen and oxygen atoms in total. The Morgan fingerprint density at radius 3 is 3.20 bits per heavy atom. The SMILES string of the molecule is CNC(=O)CC1=NCCS1. The number of hydrogen-bond donors (Lipinski definition) is 1. The molecule has 1 aliphatic heterocycles. The van der Waals surface area contributed by atoms with Gasteiger partial charge in [0.1, 0.15) is 0 Å². The molecule has 0 bridgehead atoms. The van der Waals surface area contributed by atoms with E-state index < -0.39 is 0 Å². The lowest BCUT2D eigenvalue weighted by atomic mass is 10.4. The van der Waals surface area contributed by atoms with Crippen molar-refractivity contribution in [2.24, 2.45) is 4.99 Å². The van der Waals surface area contributed by atoms with E-state index in [1.807, 2.05) is 0 Å². The van der Waals surface area contributed by atoms with Crippen LogP contribution in [0.2, 0.25) is 0 Å². The van der Waals surface area contributed by atoms with Crippen LogP contribution in [0.1, 0.15) is 6.42 Å². The molecular formula is C6H10N2OS. The van der Waals surface area contributed by atoms with Crippen LogP contribution in [0.25, 0.3) is 0 Å². The van der Waals surface area contributed by atoms with Gasteiger partial charge in [-0.3, -0.25) is 9.79 Å². The molecule has 1 N–H and O–H groups in total. The van der Waals surface area contributed by atoms with Crippen molar-refractivity contribution in [2.75, 3.05) is 19.3 Å². The zero-order valence-electron chi connectivity index (χ0n) is 5.89. The average molecular weight is 158 g/mol. The van der Waals surface area contributed by atoms with Gasteiger partial charge in [-0.2, -0.15) is 0 Å². The maximum absolute atomic E-state index is 10.8. The molecule has 0 spiro atoms. The molecule has 4 heteroatoms. The standard InChI is InChI=1S/C6H10N2OS/c1-7-5(9)4-6-8-2-3-10-6/h2-4H2,1H3,(H,7,9). The summed E-state index contributed by atoms with van der Waals surface area (Å²) < 4.78 is 0. The van der Waals surface area contributed by atoms with Gasteiger partial charge in [-0.1, -0.05) is 0 Å². The number of aliphatic imine (C=N–C) groups is 1. The number of hydrogen-bond acceptors (Lipinski definition) is 3. The number of thioether (sulfide) groups is 1. The fourth-order valence-electron chi connectivity index (χ4n) is 0.712. The topological polar surface area (TPSA) is 41.5 Å². The minimum absolute atomic E-state index is 0.0492. The summed E-state index contributed by atoms with van der Waals surface area (Å²) in [5.41, 5.74) is 0.